The van der Waals surface area contributed by atoms with Gasteiger partial charge in [-0.25, -0.2) is 13.8 Å². The minimum Gasteiger partial charge on any atom is -0.383 e. The van der Waals surface area contributed by atoms with Crippen LogP contribution in [0.2, 0.25) is 0 Å². The van der Waals surface area contributed by atoms with Crippen LogP contribution in [0.3, 0.4) is 0 Å². The van der Waals surface area contributed by atoms with E-state index in [4.69, 9.17) is 16.3 Å². The minimum atomic E-state index is -2.87. The second kappa shape index (κ2) is 4.34. The number of nitrogens with zero attached hydrogens (tertiary/aromatic N) is 3. The molecule has 4 nitrogen and oxygen atoms in total. The highest BCUT2D eigenvalue weighted by molar-refractivity contribution is 5.54. The van der Waals surface area contributed by atoms with E-state index in [9.17, 15) is 8.78 Å². The lowest BCUT2D eigenvalue weighted by Gasteiger charge is -2.08. The summed E-state index contributed by atoms with van der Waals surface area (Å²) in [5.74, 6) is -0.372. The van der Waals surface area contributed by atoms with E-state index >= 15 is 0 Å². The number of hydrogen-bond donors (Lipinski definition) is 1. The molecule has 0 aliphatic heterocycles. The first-order valence-electron chi connectivity index (χ1n) is 3.94. The maximum atomic E-state index is 12.5. The van der Waals surface area contributed by atoms with E-state index in [0.29, 0.717) is 0 Å². The molecule has 0 aromatic carbocycles. The molecule has 0 aliphatic rings. The van der Waals surface area contributed by atoms with Crippen LogP contribution in [0.1, 0.15) is 23.1 Å². The number of anilines is 1. The van der Waals surface area contributed by atoms with Gasteiger partial charge in [-0.2, -0.15) is 10.5 Å². The monoisotopic (exact) mass is 208 g/mol. The molecular weight excluding hydrogens is 202 g/mol. The summed E-state index contributed by atoms with van der Waals surface area (Å²) in [5.41, 5.74) is 4.57. The lowest BCUT2D eigenvalue weighted by atomic mass is 10.0. The van der Waals surface area contributed by atoms with Gasteiger partial charge in [0, 0.05) is 11.8 Å². The van der Waals surface area contributed by atoms with Crippen molar-refractivity contribution in [3.05, 3.63) is 22.9 Å². The lowest BCUT2D eigenvalue weighted by molar-refractivity contribution is 0.151. The normalized spacial score (nSPS) is 9.67. The zero-order valence-corrected chi connectivity index (χ0v) is 7.54. The predicted octanol–water partition coefficient (Wildman–Crippen LogP) is 1.54. The van der Waals surface area contributed by atoms with E-state index in [1.54, 1.807) is 12.1 Å². The topological polar surface area (TPSA) is 86.5 Å². The lowest BCUT2D eigenvalue weighted by Crippen LogP contribution is -2.05. The molecule has 0 spiro atoms. The number of nitrogens with two attached hydrogens (primary N) is 1. The van der Waals surface area contributed by atoms with Crippen molar-refractivity contribution in [1.29, 1.82) is 10.5 Å². The molecule has 0 fully saturated rings. The Hall–Kier alpha value is -2.21. The fourth-order valence-corrected chi connectivity index (χ4v) is 1.15. The number of nitriles is 2. The van der Waals surface area contributed by atoms with E-state index in [2.05, 4.69) is 4.98 Å². The minimum absolute atomic E-state index is 0.143. The number of aromatic nitrogens is 1. The molecule has 0 atom stereocenters. The highest BCUT2D eigenvalue weighted by Gasteiger charge is 2.20. The summed E-state index contributed by atoms with van der Waals surface area (Å²) in [6, 6.07) is 3.39. The number of nitrogen functional groups attached to an aromatic ring is 1. The first kappa shape index (κ1) is 10.9. The molecule has 6 heteroatoms. The quantitative estimate of drug-likeness (QED) is 0.798. The molecule has 0 saturated heterocycles. The Morgan fingerprint density at radius 3 is 2.60 bits per heavy atom. The number of halogens is 2. The van der Waals surface area contributed by atoms with Gasteiger partial charge in [-0.1, -0.05) is 0 Å². The third-order valence-electron chi connectivity index (χ3n) is 1.83. The average molecular weight is 208 g/mol. The van der Waals surface area contributed by atoms with E-state index < -0.39 is 12.0 Å². The Bertz CT molecular complexity index is 456. The Kier molecular flexibility index (Phi) is 3.14. The Morgan fingerprint density at radius 2 is 2.13 bits per heavy atom. The van der Waals surface area contributed by atoms with Crippen LogP contribution < -0.4 is 5.73 Å². The number of rotatable bonds is 2. The Morgan fingerprint density at radius 1 is 1.47 bits per heavy atom. The molecule has 2 N–H and O–H groups in total. The van der Waals surface area contributed by atoms with Crippen LogP contribution in [0.25, 0.3) is 0 Å². The molecule has 76 valence electrons. The molecule has 0 unspecified atom stereocenters. The van der Waals surface area contributed by atoms with Gasteiger partial charge in [0.2, 0.25) is 0 Å². The van der Waals surface area contributed by atoms with Crippen molar-refractivity contribution in [1.82, 2.24) is 4.98 Å². The van der Waals surface area contributed by atoms with Crippen LogP contribution in [0.5, 0.6) is 0 Å². The summed E-state index contributed by atoms with van der Waals surface area (Å²) >= 11 is 0. The first-order chi connectivity index (χ1) is 7.11. The van der Waals surface area contributed by atoms with Gasteiger partial charge in [0.25, 0.3) is 6.43 Å². The van der Waals surface area contributed by atoms with Crippen molar-refractivity contribution in [2.75, 3.05) is 5.73 Å². The summed E-state index contributed by atoms with van der Waals surface area (Å²) in [7, 11) is 0. The van der Waals surface area contributed by atoms with Crippen molar-refractivity contribution in [2.45, 2.75) is 12.8 Å². The third-order valence-corrected chi connectivity index (χ3v) is 1.83. The fourth-order valence-electron chi connectivity index (χ4n) is 1.15. The molecule has 0 radical (unpaired) electrons. The molecule has 1 rings (SSSR count). The van der Waals surface area contributed by atoms with Gasteiger partial charge >= 0.3 is 0 Å². The van der Waals surface area contributed by atoms with Crippen molar-refractivity contribution in [3.8, 4) is 12.1 Å². The van der Waals surface area contributed by atoms with Crippen LogP contribution in [0.4, 0.5) is 14.6 Å². The predicted molar refractivity (Wildman–Crippen MR) is 47.6 cm³/mol. The molecule has 0 bridgehead atoms. The van der Waals surface area contributed by atoms with Crippen molar-refractivity contribution in [3.63, 3.8) is 0 Å². The molecule has 15 heavy (non-hydrogen) atoms. The number of hydrogen-bond acceptors (Lipinski definition) is 4. The molecule has 1 aromatic rings. The van der Waals surface area contributed by atoms with Gasteiger partial charge in [0.1, 0.15) is 11.9 Å². The molecule has 0 saturated carbocycles. The van der Waals surface area contributed by atoms with Gasteiger partial charge in [-0.15, -0.1) is 0 Å². The zero-order chi connectivity index (χ0) is 11.4. The summed E-state index contributed by atoms with van der Waals surface area (Å²) in [5, 5.41) is 17.2. The summed E-state index contributed by atoms with van der Waals surface area (Å²) in [6.07, 6.45) is -1.84. The molecule has 1 aromatic heterocycles. The fraction of sp³-hybridized carbons (Fsp3) is 0.222. The largest absolute Gasteiger partial charge is 0.383 e. The van der Waals surface area contributed by atoms with Crippen molar-refractivity contribution in [2.24, 2.45) is 0 Å². The third kappa shape index (κ3) is 2.00. The summed E-state index contributed by atoms with van der Waals surface area (Å²) < 4.78 is 25.1. The standard InChI is InChI=1S/C9H6F2N4/c10-8(11)7-6(3-13)5(1-2-12)4-15-9(7)14/h4,8H,1H2,(H2,14,15). The van der Waals surface area contributed by atoms with E-state index in [1.165, 1.54) is 6.20 Å². The van der Waals surface area contributed by atoms with Crippen LogP contribution in [-0.2, 0) is 6.42 Å². The average Bonchev–Trinajstić information content (AvgIpc) is 2.19. The smallest absolute Gasteiger partial charge is 0.268 e. The van der Waals surface area contributed by atoms with Crippen molar-refractivity contribution >= 4 is 5.82 Å². The van der Waals surface area contributed by atoms with Crippen LogP contribution in [0, 0.1) is 22.7 Å². The van der Waals surface area contributed by atoms with Gasteiger partial charge in [0.05, 0.1) is 23.6 Å². The Labute approximate surface area is 84.6 Å². The number of alkyl halides is 2. The molecule has 1 heterocycles. The van der Waals surface area contributed by atoms with Gasteiger partial charge in [0.15, 0.2) is 0 Å². The summed E-state index contributed by atoms with van der Waals surface area (Å²) in [6.45, 7) is 0. The van der Waals surface area contributed by atoms with E-state index in [-0.39, 0.29) is 23.4 Å². The molecular formula is C9H6F2N4. The van der Waals surface area contributed by atoms with Crippen LogP contribution >= 0.6 is 0 Å². The van der Waals surface area contributed by atoms with Gasteiger partial charge < -0.3 is 5.73 Å². The van der Waals surface area contributed by atoms with Crippen molar-refractivity contribution < 1.29 is 8.78 Å². The first-order valence-corrected chi connectivity index (χ1v) is 3.94. The maximum absolute atomic E-state index is 12.5. The van der Waals surface area contributed by atoms with Gasteiger partial charge in [-0.3, -0.25) is 0 Å². The van der Waals surface area contributed by atoms with Crippen LogP contribution in [0.15, 0.2) is 6.20 Å². The van der Waals surface area contributed by atoms with E-state index in [0.717, 1.165) is 0 Å². The maximum Gasteiger partial charge on any atom is 0.268 e. The SMILES string of the molecule is N#CCc1cnc(N)c(C(F)F)c1C#N. The summed E-state index contributed by atoms with van der Waals surface area (Å²) in [4.78, 5) is 3.52. The zero-order valence-electron chi connectivity index (χ0n) is 7.54. The number of pyridine rings is 1. The van der Waals surface area contributed by atoms with E-state index in [1.807, 2.05) is 0 Å². The van der Waals surface area contributed by atoms with Crippen LogP contribution in [-0.4, -0.2) is 4.98 Å². The van der Waals surface area contributed by atoms with Gasteiger partial charge in [-0.05, 0) is 0 Å². The second-order valence-corrected chi connectivity index (χ2v) is 2.70. The highest BCUT2D eigenvalue weighted by atomic mass is 19.3. The molecule has 0 amide bonds. The Balaban J connectivity index is 3.43. The second-order valence-electron chi connectivity index (χ2n) is 2.70. The molecule has 0 aliphatic carbocycles. The highest BCUT2D eigenvalue weighted by Crippen LogP contribution is 2.28.